The number of hydrogen-bond donors (Lipinski definition) is 2. The Morgan fingerprint density at radius 2 is 2.03 bits per heavy atom. The Hall–Kier alpha value is -3.23. The molecular formula is C21H17F3N2O7S2. The van der Waals surface area contributed by atoms with Crippen molar-refractivity contribution in [3.05, 3.63) is 59.4 Å². The molecule has 0 bridgehead atoms. The number of aliphatic carboxylic acids is 1. The minimum absolute atomic E-state index is 0.0281. The summed E-state index contributed by atoms with van der Waals surface area (Å²) in [5.41, 5.74) is -0.907. The van der Waals surface area contributed by atoms with Gasteiger partial charge in [-0.15, -0.1) is 11.3 Å². The van der Waals surface area contributed by atoms with Crippen LogP contribution in [0.15, 0.2) is 51.2 Å². The highest BCUT2D eigenvalue weighted by Gasteiger charge is 2.63. The van der Waals surface area contributed by atoms with Crippen LogP contribution >= 0.6 is 11.3 Å². The summed E-state index contributed by atoms with van der Waals surface area (Å²) in [6.45, 7) is 0. The van der Waals surface area contributed by atoms with Crippen molar-refractivity contribution in [2.75, 3.05) is 7.11 Å². The van der Waals surface area contributed by atoms with Gasteiger partial charge in [0, 0.05) is 12.0 Å². The van der Waals surface area contributed by atoms with Gasteiger partial charge in [-0.25, -0.2) is 8.42 Å². The first-order chi connectivity index (χ1) is 16.4. The second-order valence-electron chi connectivity index (χ2n) is 7.83. The Morgan fingerprint density at radius 3 is 2.66 bits per heavy atom. The number of carboxylic acids is 1. The highest BCUT2D eigenvalue weighted by Crippen LogP contribution is 2.53. The first kappa shape index (κ1) is 24.9. The Morgan fingerprint density at radius 1 is 1.29 bits per heavy atom. The number of carboxylic acid groups (broad SMARTS) is 1. The summed E-state index contributed by atoms with van der Waals surface area (Å²) in [5.74, 6) is -3.89. The van der Waals surface area contributed by atoms with Crippen LogP contribution in [0.1, 0.15) is 29.2 Å². The monoisotopic (exact) mass is 530 g/mol. The van der Waals surface area contributed by atoms with Gasteiger partial charge < -0.3 is 14.4 Å². The number of esters is 1. The molecule has 4 rings (SSSR count). The number of carbonyl (C=O) groups excluding carboxylic acids is 1. The van der Waals surface area contributed by atoms with E-state index < -0.39 is 45.4 Å². The number of benzene rings is 1. The fraction of sp³-hybridized carbons (Fsp3) is 0.286. The smallest absolute Gasteiger partial charge is 0.452 e. The number of alkyl halides is 3. The maximum atomic E-state index is 13.0. The van der Waals surface area contributed by atoms with Crippen LogP contribution in [-0.4, -0.2) is 43.3 Å². The van der Waals surface area contributed by atoms with Gasteiger partial charge in [0.25, 0.3) is 10.0 Å². The average molecular weight is 531 g/mol. The third kappa shape index (κ3) is 4.94. The molecule has 1 aliphatic carbocycles. The minimum Gasteiger partial charge on any atom is -0.480 e. The Kier molecular flexibility index (Phi) is 6.23. The molecule has 9 nitrogen and oxygen atoms in total. The number of nitrogens with zero attached hydrogens (tertiary/aromatic N) is 1. The molecule has 14 heteroatoms. The van der Waals surface area contributed by atoms with Gasteiger partial charge in [0.2, 0.25) is 5.76 Å². The quantitative estimate of drug-likeness (QED) is 0.423. The first-order valence-corrected chi connectivity index (χ1v) is 12.2. The molecule has 0 radical (unpaired) electrons. The number of hydrogen-bond acceptors (Lipinski definition) is 8. The molecule has 0 spiro atoms. The molecule has 1 fully saturated rings. The molecule has 0 aliphatic heterocycles. The van der Waals surface area contributed by atoms with Gasteiger partial charge in [0.15, 0.2) is 0 Å². The van der Waals surface area contributed by atoms with Crippen LogP contribution in [0.25, 0.3) is 10.6 Å². The van der Waals surface area contributed by atoms with Gasteiger partial charge in [-0.2, -0.15) is 17.9 Å². The third-order valence-electron chi connectivity index (χ3n) is 5.48. The van der Waals surface area contributed by atoms with Crippen molar-refractivity contribution in [3.8, 4) is 10.6 Å². The van der Waals surface area contributed by atoms with Crippen molar-refractivity contribution in [2.45, 2.75) is 34.7 Å². The number of methoxy groups -OCH3 is 1. The SMILES string of the molecule is COC(=O)Cc1cccc([C@@H]2C[C@]2(NS(=O)(=O)c2ccc(-c3cc(C(F)(F)F)on3)s2)C(=O)O)c1. The zero-order valence-corrected chi connectivity index (χ0v) is 19.5. The molecule has 0 amide bonds. The molecule has 2 heterocycles. The number of carbonyl (C=O) groups is 2. The summed E-state index contributed by atoms with van der Waals surface area (Å²) < 4.78 is 75.0. The van der Waals surface area contributed by atoms with E-state index in [1.54, 1.807) is 24.3 Å². The van der Waals surface area contributed by atoms with E-state index in [-0.39, 0.29) is 27.6 Å². The predicted octanol–water partition coefficient (Wildman–Crippen LogP) is 3.43. The van der Waals surface area contributed by atoms with Crippen LogP contribution in [0.3, 0.4) is 0 Å². The van der Waals surface area contributed by atoms with E-state index in [1.165, 1.54) is 13.2 Å². The van der Waals surface area contributed by atoms with Gasteiger partial charge in [0.05, 0.1) is 18.4 Å². The lowest BCUT2D eigenvalue weighted by Gasteiger charge is -2.15. The minimum atomic E-state index is -4.75. The molecule has 35 heavy (non-hydrogen) atoms. The molecule has 1 aromatic carbocycles. The number of halogens is 3. The van der Waals surface area contributed by atoms with Crippen LogP contribution in [0.2, 0.25) is 0 Å². The van der Waals surface area contributed by atoms with Crippen LogP contribution in [0.5, 0.6) is 0 Å². The molecule has 0 saturated heterocycles. The van der Waals surface area contributed by atoms with E-state index in [0.717, 1.165) is 6.07 Å². The lowest BCUT2D eigenvalue weighted by molar-refractivity contribution is -0.155. The predicted molar refractivity (Wildman–Crippen MR) is 115 cm³/mol. The maximum absolute atomic E-state index is 13.0. The average Bonchev–Trinajstić information content (AvgIpc) is 3.14. The molecule has 1 aliphatic rings. The Bertz CT molecular complexity index is 1400. The molecule has 0 unspecified atom stereocenters. The Labute approximate surface area is 200 Å². The lowest BCUT2D eigenvalue weighted by Crippen LogP contribution is -2.44. The topological polar surface area (TPSA) is 136 Å². The molecular weight excluding hydrogens is 513 g/mol. The van der Waals surface area contributed by atoms with E-state index >= 15 is 0 Å². The molecule has 2 aromatic heterocycles. The van der Waals surface area contributed by atoms with E-state index in [4.69, 9.17) is 0 Å². The van der Waals surface area contributed by atoms with Crippen molar-refractivity contribution < 1.29 is 45.5 Å². The van der Waals surface area contributed by atoms with Crippen LogP contribution in [0.4, 0.5) is 13.2 Å². The normalized spacial score (nSPS) is 19.9. The highest BCUT2D eigenvalue weighted by molar-refractivity contribution is 7.91. The standard InChI is InChI=1S/C21H17F3N2O7S2/c1-32-17(27)8-11-3-2-4-12(7-11)13-10-20(13,19(28)29)26-35(30,31)18-6-5-15(34-18)14-9-16(33-25-14)21(22,23)24/h2-7,9,13,26H,8,10H2,1H3,(H,28,29)/t13-,20+/m0/s1. The van der Waals surface area contributed by atoms with Crippen LogP contribution in [-0.2, 0) is 36.9 Å². The molecule has 1 saturated carbocycles. The number of ether oxygens (including phenoxy) is 1. The highest BCUT2D eigenvalue weighted by atomic mass is 32.2. The third-order valence-corrected chi connectivity index (χ3v) is 8.59. The van der Waals surface area contributed by atoms with Crippen molar-refractivity contribution >= 4 is 33.3 Å². The van der Waals surface area contributed by atoms with Gasteiger partial charge in [-0.05, 0) is 29.7 Å². The number of rotatable bonds is 8. The number of sulfonamides is 1. The summed E-state index contributed by atoms with van der Waals surface area (Å²) in [6.07, 6.45) is -4.80. The van der Waals surface area contributed by atoms with Crippen LogP contribution in [0, 0.1) is 0 Å². The molecule has 186 valence electrons. The number of aromatic nitrogens is 1. The maximum Gasteiger partial charge on any atom is 0.452 e. The zero-order valence-electron chi connectivity index (χ0n) is 17.8. The first-order valence-electron chi connectivity index (χ1n) is 9.93. The second-order valence-corrected chi connectivity index (χ2v) is 10.8. The van der Waals surface area contributed by atoms with Crippen molar-refractivity contribution in [3.63, 3.8) is 0 Å². The van der Waals surface area contributed by atoms with Crippen molar-refractivity contribution in [1.82, 2.24) is 9.88 Å². The van der Waals surface area contributed by atoms with Crippen LogP contribution < -0.4 is 4.72 Å². The lowest BCUT2D eigenvalue weighted by atomic mass is 10.0. The van der Waals surface area contributed by atoms with E-state index in [1.807, 2.05) is 0 Å². The van der Waals surface area contributed by atoms with Gasteiger partial charge in [-0.1, -0.05) is 29.4 Å². The zero-order chi connectivity index (χ0) is 25.6. The summed E-state index contributed by atoms with van der Waals surface area (Å²) in [5, 5.41) is 13.2. The largest absolute Gasteiger partial charge is 0.480 e. The summed E-state index contributed by atoms with van der Waals surface area (Å²) in [4.78, 5) is 23.7. The number of thiophene rings is 1. The summed E-state index contributed by atoms with van der Waals surface area (Å²) in [6, 6.07) is 9.59. The molecule has 2 N–H and O–H groups in total. The van der Waals surface area contributed by atoms with Gasteiger partial charge in [-0.3, -0.25) is 9.59 Å². The van der Waals surface area contributed by atoms with Gasteiger partial charge in [0.1, 0.15) is 15.4 Å². The van der Waals surface area contributed by atoms with E-state index in [9.17, 15) is 36.3 Å². The fourth-order valence-corrected chi connectivity index (χ4v) is 6.30. The van der Waals surface area contributed by atoms with E-state index in [2.05, 4.69) is 19.1 Å². The summed E-state index contributed by atoms with van der Waals surface area (Å²) >= 11 is 0.621. The molecule has 2 atom stereocenters. The Balaban J connectivity index is 1.56. The second kappa shape index (κ2) is 8.77. The summed E-state index contributed by atoms with van der Waals surface area (Å²) in [7, 11) is -3.11. The van der Waals surface area contributed by atoms with E-state index in [0.29, 0.717) is 28.5 Å². The van der Waals surface area contributed by atoms with Crippen molar-refractivity contribution in [2.24, 2.45) is 0 Å². The molecule has 3 aromatic rings. The fourth-order valence-electron chi connectivity index (χ4n) is 3.63. The van der Waals surface area contributed by atoms with Crippen molar-refractivity contribution in [1.29, 1.82) is 0 Å². The number of nitrogens with one attached hydrogen (secondary N) is 1. The van der Waals surface area contributed by atoms with Gasteiger partial charge >= 0.3 is 18.1 Å².